The molecule has 2 aromatic heterocycles. The van der Waals surface area contributed by atoms with E-state index in [0.717, 1.165) is 15.2 Å². The van der Waals surface area contributed by atoms with Gasteiger partial charge < -0.3 is 4.90 Å². The Balaban J connectivity index is 1.95. The first-order valence-corrected chi connectivity index (χ1v) is 8.79. The summed E-state index contributed by atoms with van der Waals surface area (Å²) in [7, 11) is 0. The maximum atomic E-state index is 12.2. The molecule has 0 spiro atoms. The van der Waals surface area contributed by atoms with E-state index in [1.165, 1.54) is 4.88 Å². The van der Waals surface area contributed by atoms with E-state index in [-0.39, 0.29) is 5.91 Å². The number of carbonyl (C=O) groups is 1. The second kappa shape index (κ2) is 8.10. The molecule has 0 aliphatic rings. The fourth-order valence-electron chi connectivity index (χ4n) is 2.05. The lowest BCUT2D eigenvalue weighted by molar-refractivity contribution is -0.129. The van der Waals surface area contributed by atoms with Gasteiger partial charge in [0.15, 0.2) is 0 Å². The molecule has 22 heavy (non-hydrogen) atoms. The van der Waals surface area contributed by atoms with E-state index in [9.17, 15) is 4.79 Å². The molecule has 0 aliphatic heterocycles. The molecule has 2 aromatic rings. The number of hydrogen-bond donors (Lipinski definition) is 0. The number of hydrogen-bond acceptors (Lipinski definition) is 5. The molecule has 0 saturated carbocycles. The van der Waals surface area contributed by atoms with E-state index < -0.39 is 0 Å². The van der Waals surface area contributed by atoms with Gasteiger partial charge in [0.2, 0.25) is 5.91 Å². The topological polar surface area (TPSA) is 46.1 Å². The predicted molar refractivity (Wildman–Crippen MR) is 94.5 cm³/mol. The smallest absolute Gasteiger partial charge is 0.223 e. The molecule has 6 heteroatoms. The summed E-state index contributed by atoms with van der Waals surface area (Å²) < 4.78 is 0. The fourth-order valence-corrected chi connectivity index (χ4v) is 3.87. The van der Waals surface area contributed by atoms with Crippen LogP contribution < -0.4 is 0 Å². The van der Waals surface area contributed by atoms with Crippen LogP contribution in [0.5, 0.6) is 0 Å². The van der Waals surface area contributed by atoms with Gasteiger partial charge in [-0.25, -0.2) is 9.97 Å². The van der Waals surface area contributed by atoms with Gasteiger partial charge in [0.1, 0.15) is 16.2 Å². The number of thiophene rings is 1. The Morgan fingerprint density at radius 1 is 1.36 bits per heavy atom. The summed E-state index contributed by atoms with van der Waals surface area (Å²) in [6.07, 6.45) is 5.53. The third-order valence-corrected chi connectivity index (χ3v) is 4.99. The van der Waals surface area contributed by atoms with Crippen molar-refractivity contribution in [2.75, 3.05) is 18.8 Å². The van der Waals surface area contributed by atoms with Gasteiger partial charge in [0.05, 0.1) is 0 Å². The maximum absolute atomic E-state index is 12.2. The van der Waals surface area contributed by atoms with Crippen molar-refractivity contribution in [3.8, 4) is 0 Å². The number of nitrogens with zero attached hydrogens (tertiary/aromatic N) is 3. The average molecular weight is 333 g/mol. The molecule has 1 amide bonds. The maximum Gasteiger partial charge on any atom is 0.223 e. The summed E-state index contributed by atoms with van der Waals surface area (Å²) >= 11 is 3.26. The highest BCUT2D eigenvalue weighted by Gasteiger charge is 2.12. The van der Waals surface area contributed by atoms with E-state index in [2.05, 4.69) is 36.1 Å². The van der Waals surface area contributed by atoms with Gasteiger partial charge in [-0.3, -0.25) is 4.79 Å². The van der Waals surface area contributed by atoms with Crippen molar-refractivity contribution < 1.29 is 4.79 Å². The SMILES string of the molecule is C=CCN(CC=C)C(=O)CCSc1ncnc2sc(C)cc12. The van der Waals surface area contributed by atoms with E-state index in [1.54, 1.807) is 46.5 Å². The van der Waals surface area contributed by atoms with E-state index >= 15 is 0 Å². The van der Waals surface area contributed by atoms with Crippen LogP contribution in [-0.4, -0.2) is 39.6 Å². The highest BCUT2D eigenvalue weighted by molar-refractivity contribution is 7.99. The zero-order valence-electron chi connectivity index (χ0n) is 12.6. The Morgan fingerprint density at radius 3 is 2.77 bits per heavy atom. The van der Waals surface area contributed by atoms with Crippen LogP contribution in [-0.2, 0) is 4.79 Å². The van der Waals surface area contributed by atoms with Crippen molar-refractivity contribution in [1.29, 1.82) is 0 Å². The van der Waals surface area contributed by atoms with Crippen molar-refractivity contribution >= 4 is 39.2 Å². The first kappa shape index (κ1) is 16.7. The first-order valence-electron chi connectivity index (χ1n) is 6.99. The molecule has 4 nitrogen and oxygen atoms in total. The Labute approximate surface area is 139 Å². The highest BCUT2D eigenvalue weighted by Crippen LogP contribution is 2.30. The van der Waals surface area contributed by atoms with Crippen LogP contribution in [0.3, 0.4) is 0 Å². The average Bonchev–Trinajstić information content (AvgIpc) is 2.88. The Bertz CT molecular complexity index is 671. The predicted octanol–water partition coefficient (Wildman–Crippen LogP) is 3.68. The summed E-state index contributed by atoms with van der Waals surface area (Å²) in [6, 6.07) is 2.10. The third kappa shape index (κ3) is 4.18. The van der Waals surface area contributed by atoms with Crippen molar-refractivity contribution in [3.05, 3.63) is 42.6 Å². The van der Waals surface area contributed by atoms with E-state index in [4.69, 9.17) is 0 Å². The Kier molecular flexibility index (Phi) is 6.15. The third-order valence-electron chi connectivity index (χ3n) is 3.02. The Hall–Kier alpha value is -1.66. The Morgan fingerprint density at radius 2 is 2.09 bits per heavy atom. The summed E-state index contributed by atoms with van der Waals surface area (Å²) in [6.45, 7) is 10.5. The highest BCUT2D eigenvalue weighted by atomic mass is 32.2. The van der Waals surface area contributed by atoms with Crippen LogP contribution >= 0.6 is 23.1 Å². The standard InChI is InChI=1S/C16H19N3OS2/c1-4-7-19(8-5-2)14(20)6-9-21-15-13-10-12(3)22-16(13)18-11-17-15/h4-5,10-11H,1-2,6-9H2,3H3. The number of carbonyl (C=O) groups excluding carboxylic acids is 1. The molecule has 0 radical (unpaired) electrons. The molecule has 0 aromatic carbocycles. The molecule has 2 rings (SSSR count). The molecule has 0 unspecified atom stereocenters. The number of aromatic nitrogens is 2. The summed E-state index contributed by atoms with van der Waals surface area (Å²) in [5.74, 6) is 0.809. The van der Waals surface area contributed by atoms with Crippen LogP contribution in [0.1, 0.15) is 11.3 Å². The van der Waals surface area contributed by atoms with Gasteiger partial charge in [-0.05, 0) is 13.0 Å². The quantitative estimate of drug-likeness (QED) is 0.420. The van der Waals surface area contributed by atoms with E-state index in [0.29, 0.717) is 25.3 Å². The molecule has 116 valence electrons. The molecule has 0 bridgehead atoms. The number of aryl methyl sites for hydroxylation is 1. The number of fused-ring (bicyclic) bond motifs is 1. The lowest BCUT2D eigenvalue weighted by atomic mass is 10.3. The van der Waals surface area contributed by atoms with Crippen LogP contribution in [0.15, 0.2) is 42.7 Å². The second-order valence-corrected chi connectivity index (χ2v) is 7.05. The minimum atomic E-state index is 0.110. The largest absolute Gasteiger partial charge is 0.335 e. The summed E-state index contributed by atoms with van der Waals surface area (Å²) in [5, 5.41) is 2.03. The first-order chi connectivity index (χ1) is 10.7. The molecular weight excluding hydrogens is 314 g/mol. The van der Waals surface area contributed by atoms with Crippen LogP contribution in [0.2, 0.25) is 0 Å². The van der Waals surface area contributed by atoms with E-state index in [1.807, 2.05) is 0 Å². The summed E-state index contributed by atoms with van der Waals surface area (Å²) in [5.41, 5.74) is 0. The molecule has 0 atom stereocenters. The lowest BCUT2D eigenvalue weighted by Gasteiger charge is -2.18. The number of rotatable bonds is 8. The number of amides is 1. The fraction of sp³-hybridized carbons (Fsp3) is 0.312. The second-order valence-electron chi connectivity index (χ2n) is 4.73. The minimum Gasteiger partial charge on any atom is -0.335 e. The van der Waals surface area contributed by atoms with Crippen LogP contribution in [0.4, 0.5) is 0 Å². The van der Waals surface area contributed by atoms with Gasteiger partial charge in [0.25, 0.3) is 0 Å². The minimum absolute atomic E-state index is 0.110. The van der Waals surface area contributed by atoms with Crippen molar-refractivity contribution in [1.82, 2.24) is 14.9 Å². The van der Waals surface area contributed by atoms with Crippen LogP contribution in [0.25, 0.3) is 10.2 Å². The van der Waals surface area contributed by atoms with Gasteiger partial charge in [-0.15, -0.1) is 36.3 Å². The van der Waals surface area contributed by atoms with Gasteiger partial charge in [-0.2, -0.15) is 0 Å². The zero-order chi connectivity index (χ0) is 15.9. The molecule has 0 saturated heterocycles. The van der Waals surface area contributed by atoms with Crippen molar-refractivity contribution in [2.45, 2.75) is 18.4 Å². The van der Waals surface area contributed by atoms with Crippen molar-refractivity contribution in [2.24, 2.45) is 0 Å². The molecule has 0 aliphatic carbocycles. The van der Waals surface area contributed by atoms with Gasteiger partial charge in [-0.1, -0.05) is 12.2 Å². The molecule has 0 N–H and O–H groups in total. The number of thioether (sulfide) groups is 1. The zero-order valence-corrected chi connectivity index (χ0v) is 14.3. The lowest BCUT2D eigenvalue weighted by Crippen LogP contribution is -2.31. The van der Waals surface area contributed by atoms with Crippen LogP contribution in [0, 0.1) is 6.92 Å². The van der Waals surface area contributed by atoms with Crippen molar-refractivity contribution in [3.63, 3.8) is 0 Å². The molecule has 0 fully saturated rings. The molecule has 2 heterocycles. The van der Waals surface area contributed by atoms with Gasteiger partial charge >= 0.3 is 0 Å². The molecular formula is C16H19N3OS2. The monoisotopic (exact) mass is 333 g/mol. The van der Waals surface area contributed by atoms with Gasteiger partial charge in [0, 0.05) is 35.5 Å². The summed E-state index contributed by atoms with van der Waals surface area (Å²) in [4.78, 5) is 24.7. The normalized spacial score (nSPS) is 10.6.